The van der Waals surface area contributed by atoms with E-state index in [2.05, 4.69) is 6.92 Å². The Hall–Kier alpha value is -1.12. The predicted octanol–water partition coefficient (Wildman–Crippen LogP) is 4.62. The zero-order valence-electron chi connectivity index (χ0n) is 10.9. The molecule has 1 fully saturated rings. The Morgan fingerprint density at radius 3 is 2.17 bits per heavy atom. The topological polar surface area (TPSA) is 26.0 Å². The molecule has 1 saturated carbocycles. The van der Waals surface area contributed by atoms with E-state index < -0.39 is 11.6 Å². The molecule has 1 aliphatic rings. The minimum atomic E-state index is -0.624. The normalized spacial score (nSPS) is 24.2. The van der Waals surface area contributed by atoms with Gasteiger partial charge in [-0.2, -0.15) is 0 Å². The molecule has 1 aromatic carbocycles. The van der Waals surface area contributed by atoms with E-state index in [1.165, 1.54) is 37.8 Å². The Labute approximate surface area is 107 Å². The molecule has 2 rings (SSSR count). The average Bonchev–Trinajstić information content (AvgIpc) is 2.37. The number of hydrogen-bond acceptors (Lipinski definition) is 1. The number of hydrogen-bond donors (Lipinski definition) is 1. The lowest BCUT2D eigenvalue weighted by Gasteiger charge is -2.28. The smallest absolute Gasteiger partial charge is 0.149 e. The maximum absolute atomic E-state index is 13.4. The van der Waals surface area contributed by atoms with Crippen LogP contribution >= 0.6 is 0 Å². The molecule has 0 amide bonds. The SMILES string of the molecule is CCCC1CCC(c2cc(F)c(N)c(F)c2)CC1. The van der Waals surface area contributed by atoms with Crippen molar-refractivity contribution in [3.8, 4) is 0 Å². The number of nitrogens with two attached hydrogens (primary N) is 1. The molecule has 0 aromatic heterocycles. The Morgan fingerprint density at radius 2 is 1.67 bits per heavy atom. The van der Waals surface area contributed by atoms with Gasteiger partial charge in [-0.1, -0.05) is 19.8 Å². The van der Waals surface area contributed by atoms with Crippen molar-refractivity contribution in [1.29, 1.82) is 0 Å². The number of benzene rings is 1. The van der Waals surface area contributed by atoms with Crippen LogP contribution in [0, 0.1) is 17.6 Å². The summed E-state index contributed by atoms with van der Waals surface area (Å²) in [4.78, 5) is 0. The fourth-order valence-corrected chi connectivity index (χ4v) is 3.03. The predicted molar refractivity (Wildman–Crippen MR) is 70.4 cm³/mol. The molecule has 0 spiro atoms. The van der Waals surface area contributed by atoms with Gasteiger partial charge >= 0.3 is 0 Å². The second-order valence-electron chi connectivity index (χ2n) is 5.40. The molecule has 18 heavy (non-hydrogen) atoms. The lowest BCUT2D eigenvalue weighted by molar-refractivity contribution is 0.307. The van der Waals surface area contributed by atoms with Crippen LogP contribution in [0.2, 0.25) is 0 Å². The second-order valence-corrected chi connectivity index (χ2v) is 5.40. The van der Waals surface area contributed by atoms with Gasteiger partial charge in [0.05, 0.1) is 0 Å². The van der Waals surface area contributed by atoms with E-state index >= 15 is 0 Å². The molecule has 0 atom stereocenters. The van der Waals surface area contributed by atoms with Crippen LogP contribution in [-0.2, 0) is 0 Å². The zero-order valence-corrected chi connectivity index (χ0v) is 10.9. The van der Waals surface area contributed by atoms with E-state index in [9.17, 15) is 8.78 Å². The summed E-state index contributed by atoms with van der Waals surface area (Å²) in [6.45, 7) is 2.21. The standard InChI is InChI=1S/C15H21F2N/c1-2-3-10-4-6-11(7-5-10)12-8-13(16)15(18)14(17)9-12/h8-11H,2-7,18H2,1H3. The lowest BCUT2D eigenvalue weighted by Crippen LogP contribution is -2.14. The van der Waals surface area contributed by atoms with Gasteiger partial charge in [-0.25, -0.2) is 8.78 Å². The summed E-state index contributed by atoms with van der Waals surface area (Å²) in [7, 11) is 0. The first-order valence-corrected chi connectivity index (χ1v) is 6.86. The second kappa shape index (κ2) is 5.68. The van der Waals surface area contributed by atoms with E-state index in [0.29, 0.717) is 5.92 Å². The highest BCUT2D eigenvalue weighted by molar-refractivity contribution is 5.44. The van der Waals surface area contributed by atoms with Crippen LogP contribution in [0.15, 0.2) is 12.1 Å². The minimum Gasteiger partial charge on any atom is -0.394 e. The molecule has 0 aliphatic heterocycles. The molecule has 0 heterocycles. The monoisotopic (exact) mass is 253 g/mol. The third-order valence-corrected chi connectivity index (χ3v) is 4.12. The first kappa shape index (κ1) is 13.3. The molecule has 0 radical (unpaired) electrons. The quantitative estimate of drug-likeness (QED) is 0.781. The maximum atomic E-state index is 13.4. The van der Waals surface area contributed by atoms with Gasteiger partial charge in [-0.3, -0.25) is 0 Å². The van der Waals surface area contributed by atoms with Crippen LogP contribution in [0.4, 0.5) is 14.5 Å². The fraction of sp³-hybridized carbons (Fsp3) is 0.600. The largest absolute Gasteiger partial charge is 0.394 e. The summed E-state index contributed by atoms with van der Waals surface area (Å²) in [6.07, 6.45) is 6.91. The average molecular weight is 253 g/mol. The van der Waals surface area contributed by atoms with Gasteiger partial charge in [0, 0.05) is 0 Å². The number of nitrogen functional groups attached to an aromatic ring is 1. The zero-order chi connectivity index (χ0) is 13.1. The Balaban J connectivity index is 2.05. The summed E-state index contributed by atoms with van der Waals surface area (Å²) in [5.74, 6) is -0.154. The van der Waals surface area contributed by atoms with Crippen molar-refractivity contribution in [3.63, 3.8) is 0 Å². The Kier molecular flexibility index (Phi) is 4.20. The molecular formula is C15H21F2N. The lowest BCUT2D eigenvalue weighted by atomic mass is 9.77. The molecule has 0 unspecified atom stereocenters. The van der Waals surface area contributed by atoms with E-state index in [0.717, 1.165) is 24.3 Å². The third kappa shape index (κ3) is 2.82. The number of anilines is 1. The van der Waals surface area contributed by atoms with Gasteiger partial charge in [-0.05, 0) is 55.2 Å². The molecule has 0 saturated heterocycles. The summed E-state index contributed by atoms with van der Waals surface area (Å²) >= 11 is 0. The van der Waals surface area contributed by atoms with E-state index in [1.807, 2.05) is 0 Å². The highest BCUT2D eigenvalue weighted by Gasteiger charge is 2.23. The van der Waals surface area contributed by atoms with Crippen LogP contribution in [0.25, 0.3) is 0 Å². The third-order valence-electron chi connectivity index (χ3n) is 4.12. The first-order chi connectivity index (χ1) is 8.61. The summed E-state index contributed by atoms with van der Waals surface area (Å²) in [5.41, 5.74) is 5.70. The van der Waals surface area contributed by atoms with Crippen LogP contribution < -0.4 is 5.73 Å². The maximum Gasteiger partial charge on any atom is 0.149 e. The van der Waals surface area contributed by atoms with Crippen LogP contribution in [0.3, 0.4) is 0 Å². The molecule has 0 bridgehead atoms. The van der Waals surface area contributed by atoms with Crippen molar-refractivity contribution in [2.45, 2.75) is 51.4 Å². The van der Waals surface area contributed by atoms with Crippen molar-refractivity contribution in [1.82, 2.24) is 0 Å². The van der Waals surface area contributed by atoms with Crippen LogP contribution in [0.5, 0.6) is 0 Å². The molecule has 3 heteroatoms. The fourth-order valence-electron chi connectivity index (χ4n) is 3.03. The minimum absolute atomic E-state index is 0.294. The van der Waals surface area contributed by atoms with Crippen molar-refractivity contribution >= 4 is 5.69 Å². The van der Waals surface area contributed by atoms with E-state index in [-0.39, 0.29) is 5.69 Å². The van der Waals surface area contributed by atoms with Crippen LogP contribution in [-0.4, -0.2) is 0 Å². The highest BCUT2D eigenvalue weighted by Crippen LogP contribution is 2.38. The number of rotatable bonds is 3. The van der Waals surface area contributed by atoms with Crippen molar-refractivity contribution in [2.24, 2.45) is 5.92 Å². The Bertz CT molecular complexity index is 386. The van der Waals surface area contributed by atoms with Gasteiger partial charge in [0.15, 0.2) is 0 Å². The molecule has 1 aromatic rings. The van der Waals surface area contributed by atoms with Gasteiger partial charge in [-0.15, -0.1) is 0 Å². The van der Waals surface area contributed by atoms with Crippen molar-refractivity contribution in [3.05, 3.63) is 29.3 Å². The van der Waals surface area contributed by atoms with Gasteiger partial charge in [0.25, 0.3) is 0 Å². The first-order valence-electron chi connectivity index (χ1n) is 6.86. The molecule has 1 aliphatic carbocycles. The van der Waals surface area contributed by atoms with Gasteiger partial charge in [0.2, 0.25) is 0 Å². The summed E-state index contributed by atoms with van der Waals surface area (Å²) in [5, 5.41) is 0. The molecule has 2 N–H and O–H groups in total. The number of halogens is 2. The van der Waals surface area contributed by atoms with Crippen molar-refractivity contribution in [2.75, 3.05) is 5.73 Å². The van der Waals surface area contributed by atoms with Crippen molar-refractivity contribution < 1.29 is 8.78 Å². The van der Waals surface area contributed by atoms with E-state index in [4.69, 9.17) is 5.73 Å². The summed E-state index contributed by atoms with van der Waals surface area (Å²) in [6, 6.07) is 2.81. The van der Waals surface area contributed by atoms with E-state index in [1.54, 1.807) is 0 Å². The highest BCUT2D eigenvalue weighted by atomic mass is 19.1. The van der Waals surface area contributed by atoms with Crippen LogP contribution in [0.1, 0.15) is 56.9 Å². The molecule has 1 nitrogen and oxygen atoms in total. The molecule has 100 valence electrons. The van der Waals surface area contributed by atoms with Gasteiger partial charge < -0.3 is 5.73 Å². The Morgan fingerprint density at radius 1 is 1.11 bits per heavy atom. The van der Waals surface area contributed by atoms with Gasteiger partial charge in [0.1, 0.15) is 17.3 Å². The molecular weight excluding hydrogens is 232 g/mol. The summed E-state index contributed by atoms with van der Waals surface area (Å²) < 4.78 is 26.9.